The van der Waals surface area contributed by atoms with Gasteiger partial charge in [0, 0.05) is 38.3 Å². The van der Waals surface area contributed by atoms with Crippen LogP contribution in [0.1, 0.15) is 32.5 Å². The van der Waals surface area contributed by atoms with Gasteiger partial charge in [0.1, 0.15) is 11.6 Å². The highest BCUT2D eigenvalue weighted by Gasteiger charge is 2.32. The molecule has 0 amide bonds. The molecule has 1 aliphatic rings. The molecule has 1 aromatic rings. The summed E-state index contributed by atoms with van der Waals surface area (Å²) in [4.78, 5) is 18.7. The Bertz CT molecular complexity index is 440. The van der Waals surface area contributed by atoms with Gasteiger partial charge in [0.2, 0.25) is 0 Å². The number of aromatic nitrogens is 2. The topological polar surface area (TPSA) is 38.1 Å². The Morgan fingerprint density at radius 2 is 2.21 bits per heavy atom. The number of Topliss-reactive ketones (excluding diaryl/α,β-unsaturated/α-hetero) is 1. The Morgan fingerprint density at radius 3 is 2.79 bits per heavy atom. The zero-order valence-corrected chi connectivity index (χ0v) is 12.5. The van der Waals surface area contributed by atoms with Crippen LogP contribution in [0.5, 0.6) is 0 Å². The largest absolute Gasteiger partial charge is 0.337 e. The van der Waals surface area contributed by atoms with Crippen molar-refractivity contribution < 1.29 is 4.79 Å². The summed E-state index contributed by atoms with van der Waals surface area (Å²) in [5.74, 6) is 2.74. The summed E-state index contributed by atoms with van der Waals surface area (Å²) < 4.78 is 2.03. The van der Waals surface area contributed by atoms with Crippen LogP contribution in [0.3, 0.4) is 0 Å². The molecule has 0 spiro atoms. The van der Waals surface area contributed by atoms with Crippen molar-refractivity contribution in [3.63, 3.8) is 0 Å². The minimum Gasteiger partial charge on any atom is -0.337 e. The molecular formula is C15H25N3O. The highest BCUT2D eigenvalue weighted by molar-refractivity contribution is 5.82. The number of imidazole rings is 1. The molecule has 1 aromatic heterocycles. The van der Waals surface area contributed by atoms with E-state index in [4.69, 9.17) is 0 Å². The van der Waals surface area contributed by atoms with Gasteiger partial charge in [-0.1, -0.05) is 13.8 Å². The van der Waals surface area contributed by atoms with Gasteiger partial charge in [-0.05, 0) is 25.3 Å². The standard InChI is InChI=1S/C15H25N3O/c1-11-7-12(2)13(14(19)8-11)9-17(3)10-15-16-5-6-18(15)4/h5-6,11-13H,7-10H2,1-4H3. The Morgan fingerprint density at radius 1 is 1.47 bits per heavy atom. The van der Waals surface area contributed by atoms with E-state index in [0.29, 0.717) is 17.6 Å². The summed E-state index contributed by atoms with van der Waals surface area (Å²) in [6.07, 6.45) is 5.70. The lowest BCUT2D eigenvalue weighted by molar-refractivity contribution is -0.128. The molecule has 0 N–H and O–H groups in total. The number of carbonyl (C=O) groups excluding carboxylic acids is 1. The Balaban J connectivity index is 1.93. The minimum atomic E-state index is 0.196. The fraction of sp³-hybridized carbons (Fsp3) is 0.733. The highest BCUT2D eigenvalue weighted by atomic mass is 16.1. The fourth-order valence-corrected chi connectivity index (χ4v) is 3.17. The van der Waals surface area contributed by atoms with Crippen molar-refractivity contribution >= 4 is 5.78 Å². The van der Waals surface area contributed by atoms with Gasteiger partial charge in [0.05, 0.1) is 6.54 Å². The molecule has 0 aliphatic heterocycles. The molecule has 1 saturated carbocycles. The van der Waals surface area contributed by atoms with Gasteiger partial charge >= 0.3 is 0 Å². The van der Waals surface area contributed by atoms with Gasteiger partial charge < -0.3 is 4.57 Å². The maximum absolute atomic E-state index is 12.2. The molecule has 19 heavy (non-hydrogen) atoms. The molecular weight excluding hydrogens is 238 g/mol. The minimum absolute atomic E-state index is 0.196. The van der Waals surface area contributed by atoms with Crippen molar-refractivity contribution in [2.75, 3.05) is 13.6 Å². The van der Waals surface area contributed by atoms with Crippen LogP contribution in [0.15, 0.2) is 12.4 Å². The van der Waals surface area contributed by atoms with Gasteiger partial charge in [-0.2, -0.15) is 0 Å². The van der Waals surface area contributed by atoms with Crippen LogP contribution in [0.4, 0.5) is 0 Å². The summed E-state index contributed by atoms with van der Waals surface area (Å²) in [5.41, 5.74) is 0. The van der Waals surface area contributed by atoms with Crippen molar-refractivity contribution in [1.82, 2.24) is 14.5 Å². The normalized spacial score (nSPS) is 28.1. The average Bonchev–Trinajstić information content (AvgIpc) is 2.69. The lowest BCUT2D eigenvalue weighted by Gasteiger charge is -2.33. The third-order valence-electron chi connectivity index (χ3n) is 4.26. The predicted octanol–water partition coefficient (Wildman–Crippen LogP) is 2.10. The van der Waals surface area contributed by atoms with E-state index in [1.807, 2.05) is 24.0 Å². The molecule has 1 heterocycles. The maximum Gasteiger partial charge on any atom is 0.137 e. The van der Waals surface area contributed by atoms with Gasteiger partial charge in [0.15, 0.2) is 0 Å². The van der Waals surface area contributed by atoms with E-state index in [-0.39, 0.29) is 5.92 Å². The van der Waals surface area contributed by atoms with Gasteiger partial charge in [0.25, 0.3) is 0 Å². The van der Waals surface area contributed by atoms with Crippen molar-refractivity contribution in [3.05, 3.63) is 18.2 Å². The first kappa shape index (κ1) is 14.3. The molecule has 3 atom stereocenters. The Kier molecular flexibility index (Phi) is 4.40. The van der Waals surface area contributed by atoms with Crippen LogP contribution in [-0.4, -0.2) is 33.8 Å². The van der Waals surface area contributed by atoms with Crippen molar-refractivity contribution in [1.29, 1.82) is 0 Å². The fourth-order valence-electron chi connectivity index (χ4n) is 3.17. The van der Waals surface area contributed by atoms with Crippen LogP contribution >= 0.6 is 0 Å². The second kappa shape index (κ2) is 5.87. The van der Waals surface area contributed by atoms with E-state index < -0.39 is 0 Å². The van der Waals surface area contributed by atoms with E-state index in [1.54, 1.807) is 0 Å². The van der Waals surface area contributed by atoms with Crippen molar-refractivity contribution in [3.8, 4) is 0 Å². The molecule has 0 radical (unpaired) electrons. The number of ketones is 1. The molecule has 2 rings (SSSR count). The molecule has 106 valence electrons. The van der Waals surface area contributed by atoms with Crippen molar-refractivity contribution in [2.24, 2.45) is 24.8 Å². The summed E-state index contributed by atoms with van der Waals surface area (Å²) in [7, 11) is 4.08. The molecule has 1 fully saturated rings. The van der Waals surface area contributed by atoms with Gasteiger partial charge in [-0.25, -0.2) is 4.98 Å². The van der Waals surface area contributed by atoms with Crippen LogP contribution in [0, 0.1) is 17.8 Å². The van der Waals surface area contributed by atoms with Crippen molar-refractivity contribution in [2.45, 2.75) is 33.2 Å². The van der Waals surface area contributed by atoms with E-state index >= 15 is 0 Å². The Labute approximate surface area is 115 Å². The summed E-state index contributed by atoms with van der Waals surface area (Å²) in [5, 5.41) is 0. The van der Waals surface area contributed by atoms with Crippen LogP contribution in [0.2, 0.25) is 0 Å². The van der Waals surface area contributed by atoms with Gasteiger partial charge in [-0.15, -0.1) is 0 Å². The SMILES string of the molecule is CC1CC(=O)C(CN(C)Cc2nccn2C)C(C)C1. The molecule has 0 aromatic carbocycles. The molecule has 0 saturated heterocycles. The van der Waals surface area contributed by atoms with E-state index in [1.165, 1.54) is 6.42 Å². The quantitative estimate of drug-likeness (QED) is 0.835. The van der Waals surface area contributed by atoms with E-state index in [9.17, 15) is 4.79 Å². The molecule has 3 unspecified atom stereocenters. The molecule has 4 nitrogen and oxygen atoms in total. The zero-order valence-electron chi connectivity index (χ0n) is 12.5. The highest BCUT2D eigenvalue weighted by Crippen LogP contribution is 2.31. The summed E-state index contributed by atoms with van der Waals surface area (Å²) in [6, 6.07) is 0. The average molecular weight is 263 g/mol. The molecule has 4 heteroatoms. The lowest BCUT2D eigenvalue weighted by Crippen LogP contribution is -2.38. The first-order valence-corrected chi connectivity index (χ1v) is 7.14. The second-order valence-electron chi connectivity index (χ2n) is 6.25. The smallest absolute Gasteiger partial charge is 0.137 e. The monoisotopic (exact) mass is 263 g/mol. The van der Waals surface area contributed by atoms with E-state index in [2.05, 4.69) is 30.8 Å². The number of carbonyl (C=O) groups is 1. The van der Waals surface area contributed by atoms with E-state index in [0.717, 1.165) is 25.3 Å². The summed E-state index contributed by atoms with van der Waals surface area (Å²) >= 11 is 0. The number of rotatable bonds is 4. The Hall–Kier alpha value is -1.16. The predicted molar refractivity (Wildman–Crippen MR) is 75.6 cm³/mol. The second-order valence-corrected chi connectivity index (χ2v) is 6.25. The number of aryl methyl sites for hydroxylation is 1. The molecule has 0 bridgehead atoms. The maximum atomic E-state index is 12.2. The van der Waals surface area contributed by atoms with Crippen LogP contribution < -0.4 is 0 Å². The van der Waals surface area contributed by atoms with Crippen LogP contribution in [0.25, 0.3) is 0 Å². The third kappa shape index (κ3) is 3.44. The lowest BCUT2D eigenvalue weighted by atomic mass is 9.74. The number of nitrogens with zero attached hydrogens (tertiary/aromatic N) is 3. The summed E-state index contributed by atoms with van der Waals surface area (Å²) in [6.45, 7) is 6.05. The number of hydrogen-bond donors (Lipinski definition) is 0. The van der Waals surface area contributed by atoms with Crippen LogP contribution in [-0.2, 0) is 18.4 Å². The molecule has 1 aliphatic carbocycles. The third-order valence-corrected chi connectivity index (χ3v) is 4.26. The number of hydrogen-bond acceptors (Lipinski definition) is 3. The van der Waals surface area contributed by atoms with Gasteiger partial charge in [-0.3, -0.25) is 9.69 Å². The first-order valence-electron chi connectivity index (χ1n) is 7.14. The zero-order chi connectivity index (χ0) is 14.0. The first-order chi connectivity index (χ1) is 8.97.